The van der Waals surface area contributed by atoms with Crippen LogP contribution in [0.4, 0.5) is 0 Å². The van der Waals surface area contributed by atoms with Crippen molar-refractivity contribution in [2.75, 3.05) is 34.2 Å². The predicted molar refractivity (Wildman–Crippen MR) is 95.8 cm³/mol. The predicted octanol–water partition coefficient (Wildman–Crippen LogP) is 2.07. The summed E-state index contributed by atoms with van der Waals surface area (Å²) in [4.78, 5) is 32.5. The summed E-state index contributed by atoms with van der Waals surface area (Å²) in [5, 5.41) is 2.01. The zero-order valence-corrected chi connectivity index (χ0v) is 15.8. The van der Waals surface area contributed by atoms with Crippen LogP contribution in [-0.2, 0) is 9.59 Å². The quantitative estimate of drug-likeness (QED) is 0.836. The van der Waals surface area contributed by atoms with Gasteiger partial charge in [-0.1, -0.05) is 19.4 Å². The van der Waals surface area contributed by atoms with E-state index in [4.69, 9.17) is 0 Å². The van der Waals surface area contributed by atoms with Gasteiger partial charge in [0.1, 0.15) is 0 Å². The molecule has 0 aromatic carbocycles. The molecular weight excluding hydrogens is 322 g/mol. The summed E-state index contributed by atoms with van der Waals surface area (Å²) < 4.78 is 0. The first-order valence-corrected chi connectivity index (χ1v) is 9.56. The van der Waals surface area contributed by atoms with Crippen molar-refractivity contribution in [2.45, 2.75) is 31.8 Å². The van der Waals surface area contributed by atoms with Crippen molar-refractivity contribution >= 4 is 23.2 Å². The van der Waals surface area contributed by atoms with Crippen LogP contribution in [0.25, 0.3) is 0 Å². The lowest BCUT2D eigenvalue weighted by atomic mass is 9.97. The van der Waals surface area contributed by atoms with Gasteiger partial charge >= 0.3 is 0 Å². The maximum Gasteiger partial charge on any atom is 0.228 e. The third-order valence-electron chi connectivity index (χ3n) is 5.64. The number of hydrogen-bond donors (Lipinski definition) is 0. The number of carbonyl (C=O) groups excluding carboxylic acids is 2. The average Bonchev–Trinajstić information content (AvgIpc) is 3.26. The molecule has 0 saturated carbocycles. The Morgan fingerprint density at radius 1 is 1.38 bits per heavy atom. The van der Waals surface area contributed by atoms with Crippen molar-refractivity contribution in [1.29, 1.82) is 0 Å². The Labute approximate surface area is 148 Å². The summed E-state index contributed by atoms with van der Waals surface area (Å²) in [5.41, 5.74) is 0. The van der Waals surface area contributed by atoms with Gasteiger partial charge in [-0.25, -0.2) is 0 Å². The first-order valence-electron chi connectivity index (χ1n) is 8.68. The molecule has 2 saturated heterocycles. The summed E-state index contributed by atoms with van der Waals surface area (Å²) >= 11 is 1.63. The number of hydrogen-bond acceptors (Lipinski definition) is 4. The van der Waals surface area contributed by atoms with E-state index in [1.165, 1.54) is 0 Å². The summed E-state index contributed by atoms with van der Waals surface area (Å²) in [6.07, 6.45) is 1.41. The molecule has 0 aliphatic carbocycles. The van der Waals surface area contributed by atoms with Crippen molar-refractivity contribution in [3.63, 3.8) is 0 Å². The largest absolute Gasteiger partial charge is 0.340 e. The zero-order valence-electron chi connectivity index (χ0n) is 14.9. The van der Waals surface area contributed by atoms with E-state index in [1.807, 2.05) is 29.5 Å². The number of carbonyl (C=O) groups is 2. The minimum absolute atomic E-state index is 0.0714. The first-order chi connectivity index (χ1) is 11.4. The van der Waals surface area contributed by atoms with Gasteiger partial charge < -0.3 is 14.7 Å². The molecule has 6 heteroatoms. The average molecular weight is 350 g/mol. The number of likely N-dealkylation sites (N-methyl/N-ethyl adjacent to an activating group) is 1. The minimum atomic E-state index is -0.250. The fourth-order valence-corrected chi connectivity index (χ4v) is 5.13. The Balaban J connectivity index is 1.80. The van der Waals surface area contributed by atoms with Gasteiger partial charge in [0, 0.05) is 37.5 Å². The van der Waals surface area contributed by atoms with Crippen LogP contribution in [0, 0.1) is 11.8 Å². The summed E-state index contributed by atoms with van der Waals surface area (Å²) in [5.74, 6) is 0.481. The van der Waals surface area contributed by atoms with E-state index in [1.54, 1.807) is 16.2 Å². The monoisotopic (exact) mass is 349 g/mol. The van der Waals surface area contributed by atoms with Gasteiger partial charge in [-0.2, -0.15) is 0 Å². The zero-order chi connectivity index (χ0) is 17.4. The fraction of sp³-hybridized carbons (Fsp3) is 0.667. The fourth-order valence-electron chi connectivity index (χ4n) is 4.19. The van der Waals surface area contributed by atoms with Gasteiger partial charge in [-0.15, -0.1) is 11.3 Å². The molecule has 4 unspecified atom stereocenters. The maximum atomic E-state index is 13.2. The molecule has 0 N–H and O–H groups in total. The Morgan fingerprint density at radius 3 is 2.67 bits per heavy atom. The van der Waals surface area contributed by atoms with E-state index in [2.05, 4.69) is 25.9 Å². The second-order valence-electron chi connectivity index (χ2n) is 7.22. The van der Waals surface area contributed by atoms with Crippen LogP contribution >= 0.6 is 11.3 Å². The van der Waals surface area contributed by atoms with E-state index in [9.17, 15) is 9.59 Å². The van der Waals surface area contributed by atoms with Gasteiger partial charge in [0.05, 0.1) is 12.0 Å². The summed E-state index contributed by atoms with van der Waals surface area (Å²) in [7, 11) is 5.99. The highest BCUT2D eigenvalue weighted by Crippen LogP contribution is 2.40. The molecule has 24 heavy (non-hydrogen) atoms. The van der Waals surface area contributed by atoms with Gasteiger partial charge in [0.2, 0.25) is 11.8 Å². The third kappa shape index (κ3) is 2.97. The van der Waals surface area contributed by atoms with Crippen molar-refractivity contribution in [3.05, 3.63) is 22.4 Å². The lowest BCUT2D eigenvalue weighted by Crippen LogP contribution is -2.39. The molecular formula is C18H27N3O2S. The van der Waals surface area contributed by atoms with Crippen molar-refractivity contribution in [2.24, 2.45) is 11.8 Å². The van der Waals surface area contributed by atoms with Crippen LogP contribution in [0.3, 0.4) is 0 Å². The van der Waals surface area contributed by atoms with Crippen molar-refractivity contribution < 1.29 is 9.59 Å². The second-order valence-corrected chi connectivity index (χ2v) is 8.20. The van der Waals surface area contributed by atoms with Crippen LogP contribution in [0.5, 0.6) is 0 Å². The van der Waals surface area contributed by atoms with E-state index in [0.29, 0.717) is 18.4 Å². The Bertz CT molecular complexity index is 601. The molecule has 1 aromatic heterocycles. The van der Waals surface area contributed by atoms with E-state index >= 15 is 0 Å². The van der Waals surface area contributed by atoms with Gasteiger partial charge in [0.25, 0.3) is 0 Å². The molecule has 4 atom stereocenters. The van der Waals surface area contributed by atoms with Crippen LogP contribution in [-0.4, -0.2) is 66.8 Å². The Hall–Kier alpha value is -1.40. The number of rotatable bonds is 4. The van der Waals surface area contributed by atoms with E-state index in [0.717, 1.165) is 24.4 Å². The molecule has 5 nitrogen and oxygen atoms in total. The van der Waals surface area contributed by atoms with Gasteiger partial charge in [-0.3, -0.25) is 9.59 Å². The molecule has 3 heterocycles. The van der Waals surface area contributed by atoms with Gasteiger partial charge in [-0.05, 0) is 31.5 Å². The second kappa shape index (κ2) is 6.84. The van der Waals surface area contributed by atoms with Gasteiger partial charge in [0.15, 0.2) is 0 Å². The standard InChI is InChI=1S/C18H27N3O2S/c1-5-12-10-21(11-14(12)19(2)3)18(23)13-9-16(22)20(4)17(13)15-7-6-8-24-15/h6-8,12-14,17H,5,9-11H2,1-4H3. The molecule has 2 fully saturated rings. The van der Waals surface area contributed by atoms with E-state index in [-0.39, 0.29) is 23.8 Å². The van der Waals surface area contributed by atoms with Crippen LogP contribution < -0.4 is 0 Å². The summed E-state index contributed by atoms with van der Waals surface area (Å²) in [6, 6.07) is 4.33. The van der Waals surface area contributed by atoms with Crippen LogP contribution in [0.15, 0.2) is 17.5 Å². The third-order valence-corrected chi connectivity index (χ3v) is 6.59. The SMILES string of the molecule is CCC1CN(C(=O)C2CC(=O)N(C)C2c2cccs2)CC1N(C)C. The normalized spacial score (nSPS) is 30.6. The maximum absolute atomic E-state index is 13.2. The number of nitrogens with zero attached hydrogens (tertiary/aromatic N) is 3. The molecule has 2 aliphatic rings. The van der Waals surface area contributed by atoms with Crippen molar-refractivity contribution in [1.82, 2.24) is 14.7 Å². The number of likely N-dealkylation sites (tertiary alicyclic amines) is 2. The molecule has 1 aromatic rings. The smallest absolute Gasteiger partial charge is 0.228 e. The first kappa shape index (κ1) is 17.4. The molecule has 3 rings (SSSR count). The molecule has 2 amide bonds. The molecule has 132 valence electrons. The molecule has 0 bridgehead atoms. The Morgan fingerprint density at radius 2 is 2.12 bits per heavy atom. The Kier molecular flexibility index (Phi) is 4.97. The molecule has 2 aliphatic heterocycles. The highest BCUT2D eigenvalue weighted by molar-refractivity contribution is 7.10. The molecule has 0 spiro atoms. The highest BCUT2D eigenvalue weighted by Gasteiger charge is 2.46. The van der Waals surface area contributed by atoms with Crippen molar-refractivity contribution in [3.8, 4) is 0 Å². The lowest BCUT2D eigenvalue weighted by molar-refractivity contribution is -0.135. The van der Waals surface area contributed by atoms with Crippen LogP contribution in [0.2, 0.25) is 0 Å². The topological polar surface area (TPSA) is 43.9 Å². The van der Waals surface area contributed by atoms with Crippen LogP contribution in [0.1, 0.15) is 30.7 Å². The number of amides is 2. The lowest BCUT2D eigenvalue weighted by Gasteiger charge is -2.27. The molecule has 0 radical (unpaired) electrons. The number of thiophene rings is 1. The minimum Gasteiger partial charge on any atom is -0.340 e. The van der Waals surface area contributed by atoms with E-state index < -0.39 is 0 Å². The summed E-state index contributed by atoms with van der Waals surface area (Å²) in [6.45, 7) is 3.77. The highest BCUT2D eigenvalue weighted by atomic mass is 32.1.